The molecule has 0 bridgehead atoms. The standard InChI is InChI=1S/C15H18F2N2O/c1-19(9-11-3-5-20-10-11)4-2-15(18)12-6-13(16)8-14(17)7-12/h3,5-8,10,15H,2,4,9,18H2,1H3. The van der Waals surface area contributed by atoms with E-state index in [4.69, 9.17) is 10.2 Å². The molecule has 2 aromatic rings. The van der Waals surface area contributed by atoms with Crippen molar-refractivity contribution < 1.29 is 13.2 Å². The van der Waals surface area contributed by atoms with Gasteiger partial charge in [0.2, 0.25) is 0 Å². The lowest BCUT2D eigenvalue weighted by Crippen LogP contribution is -2.23. The fourth-order valence-electron chi connectivity index (χ4n) is 2.09. The van der Waals surface area contributed by atoms with Crippen LogP contribution in [-0.4, -0.2) is 18.5 Å². The number of hydrogen-bond acceptors (Lipinski definition) is 3. The van der Waals surface area contributed by atoms with Gasteiger partial charge in [-0.2, -0.15) is 0 Å². The van der Waals surface area contributed by atoms with Crippen molar-refractivity contribution in [1.82, 2.24) is 4.90 Å². The van der Waals surface area contributed by atoms with Crippen molar-refractivity contribution in [3.63, 3.8) is 0 Å². The summed E-state index contributed by atoms with van der Waals surface area (Å²) in [5.74, 6) is -1.19. The zero-order valence-corrected chi connectivity index (χ0v) is 11.4. The quantitative estimate of drug-likeness (QED) is 0.884. The smallest absolute Gasteiger partial charge is 0.126 e. The van der Waals surface area contributed by atoms with Crippen molar-refractivity contribution in [1.29, 1.82) is 0 Å². The van der Waals surface area contributed by atoms with Crippen LogP contribution in [0.1, 0.15) is 23.6 Å². The van der Waals surface area contributed by atoms with Crippen molar-refractivity contribution in [2.75, 3.05) is 13.6 Å². The van der Waals surface area contributed by atoms with E-state index in [0.29, 0.717) is 12.0 Å². The summed E-state index contributed by atoms with van der Waals surface area (Å²) in [6, 6.07) is 4.93. The van der Waals surface area contributed by atoms with Crippen molar-refractivity contribution >= 4 is 0 Å². The first-order valence-electron chi connectivity index (χ1n) is 6.46. The van der Waals surface area contributed by atoms with E-state index in [1.165, 1.54) is 12.1 Å². The van der Waals surface area contributed by atoms with Gasteiger partial charge in [0.1, 0.15) is 11.6 Å². The molecule has 2 rings (SSSR count). The minimum atomic E-state index is -0.595. The van der Waals surface area contributed by atoms with Crippen molar-refractivity contribution in [2.45, 2.75) is 19.0 Å². The molecular formula is C15H18F2N2O. The first kappa shape index (κ1) is 14.7. The summed E-state index contributed by atoms with van der Waals surface area (Å²) in [5, 5.41) is 0. The lowest BCUT2D eigenvalue weighted by Gasteiger charge is -2.19. The van der Waals surface area contributed by atoms with Gasteiger partial charge < -0.3 is 15.1 Å². The van der Waals surface area contributed by atoms with Crippen LogP contribution in [-0.2, 0) is 6.54 Å². The second-order valence-corrected chi connectivity index (χ2v) is 4.97. The van der Waals surface area contributed by atoms with Gasteiger partial charge in [0.15, 0.2) is 0 Å². The fourth-order valence-corrected chi connectivity index (χ4v) is 2.09. The lowest BCUT2D eigenvalue weighted by atomic mass is 10.0. The molecule has 0 fully saturated rings. The van der Waals surface area contributed by atoms with Gasteiger partial charge in [0.25, 0.3) is 0 Å². The van der Waals surface area contributed by atoms with Gasteiger partial charge in [-0.1, -0.05) is 0 Å². The number of rotatable bonds is 6. The van der Waals surface area contributed by atoms with Gasteiger partial charge in [-0.25, -0.2) is 8.78 Å². The number of furan rings is 1. The molecule has 5 heteroatoms. The summed E-state index contributed by atoms with van der Waals surface area (Å²) in [6.45, 7) is 1.48. The Hall–Kier alpha value is -1.72. The molecule has 0 saturated carbocycles. The molecule has 2 N–H and O–H groups in total. The monoisotopic (exact) mass is 280 g/mol. The summed E-state index contributed by atoms with van der Waals surface area (Å²) >= 11 is 0. The fraction of sp³-hybridized carbons (Fsp3) is 0.333. The SMILES string of the molecule is CN(CCC(N)c1cc(F)cc(F)c1)Cc1ccoc1. The number of hydrogen-bond donors (Lipinski definition) is 1. The van der Waals surface area contributed by atoms with E-state index in [0.717, 1.165) is 24.7 Å². The molecule has 1 heterocycles. The highest BCUT2D eigenvalue weighted by Gasteiger charge is 2.11. The third-order valence-electron chi connectivity index (χ3n) is 3.17. The average molecular weight is 280 g/mol. The molecule has 20 heavy (non-hydrogen) atoms. The van der Waals surface area contributed by atoms with Crippen LogP contribution in [0.2, 0.25) is 0 Å². The average Bonchev–Trinajstić information content (AvgIpc) is 2.87. The molecule has 1 unspecified atom stereocenters. The van der Waals surface area contributed by atoms with E-state index < -0.39 is 11.6 Å². The number of nitrogens with two attached hydrogens (primary N) is 1. The first-order valence-corrected chi connectivity index (χ1v) is 6.46. The van der Waals surface area contributed by atoms with Gasteiger partial charge in [-0.05, 0) is 43.8 Å². The molecule has 108 valence electrons. The normalized spacial score (nSPS) is 12.8. The van der Waals surface area contributed by atoms with Crippen LogP contribution in [0.3, 0.4) is 0 Å². The van der Waals surface area contributed by atoms with Gasteiger partial charge in [-0.3, -0.25) is 0 Å². The summed E-state index contributed by atoms with van der Waals surface area (Å²) < 4.78 is 31.2. The maximum absolute atomic E-state index is 13.1. The Balaban J connectivity index is 1.86. The highest BCUT2D eigenvalue weighted by atomic mass is 19.1. The topological polar surface area (TPSA) is 42.4 Å². The second-order valence-electron chi connectivity index (χ2n) is 4.97. The molecule has 0 aliphatic rings. The molecule has 0 aliphatic heterocycles. The van der Waals surface area contributed by atoms with Crippen LogP contribution in [0.4, 0.5) is 8.78 Å². The Morgan fingerprint density at radius 1 is 1.25 bits per heavy atom. The highest BCUT2D eigenvalue weighted by molar-refractivity contribution is 5.21. The van der Waals surface area contributed by atoms with E-state index in [1.54, 1.807) is 12.5 Å². The van der Waals surface area contributed by atoms with Crippen LogP contribution < -0.4 is 5.73 Å². The van der Waals surface area contributed by atoms with E-state index in [-0.39, 0.29) is 6.04 Å². The second kappa shape index (κ2) is 6.63. The number of nitrogens with zero attached hydrogens (tertiary/aromatic N) is 1. The molecule has 0 spiro atoms. The van der Waals surface area contributed by atoms with Crippen LogP contribution in [0.15, 0.2) is 41.2 Å². The largest absolute Gasteiger partial charge is 0.472 e. The Bertz CT molecular complexity index is 523. The van der Waals surface area contributed by atoms with Crippen molar-refractivity contribution in [2.24, 2.45) is 5.73 Å². The van der Waals surface area contributed by atoms with Gasteiger partial charge in [-0.15, -0.1) is 0 Å². The van der Waals surface area contributed by atoms with E-state index in [1.807, 2.05) is 13.1 Å². The van der Waals surface area contributed by atoms with Crippen molar-refractivity contribution in [3.05, 3.63) is 59.6 Å². The zero-order chi connectivity index (χ0) is 14.5. The Morgan fingerprint density at radius 2 is 1.95 bits per heavy atom. The summed E-state index contributed by atoms with van der Waals surface area (Å²) in [4.78, 5) is 2.08. The summed E-state index contributed by atoms with van der Waals surface area (Å²) in [6.07, 6.45) is 3.94. The molecule has 0 amide bonds. The van der Waals surface area contributed by atoms with Crippen LogP contribution in [0.25, 0.3) is 0 Å². The summed E-state index contributed by atoms with van der Waals surface area (Å²) in [7, 11) is 1.96. The minimum Gasteiger partial charge on any atom is -0.472 e. The molecule has 3 nitrogen and oxygen atoms in total. The molecule has 1 aromatic heterocycles. The third-order valence-corrected chi connectivity index (χ3v) is 3.17. The number of benzene rings is 1. The molecule has 0 aliphatic carbocycles. The van der Waals surface area contributed by atoms with E-state index in [9.17, 15) is 8.78 Å². The Morgan fingerprint density at radius 3 is 2.55 bits per heavy atom. The first-order chi connectivity index (χ1) is 9.54. The molecule has 0 saturated heterocycles. The van der Waals surface area contributed by atoms with Gasteiger partial charge in [0.05, 0.1) is 12.5 Å². The van der Waals surface area contributed by atoms with Crippen LogP contribution in [0, 0.1) is 11.6 Å². The minimum absolute atomic E-state index is 0.382. The Labute approximate surface area is 117 Å². The van der Waals surface area contributed by atoms with Gasteiger partial charge >= 0.3 is 0 Å². The molecular weight excluding hydrogens is 262 g/mol. The van der Waals surface area contributed by atoms with Gasteiger partial charge in [0, 0.05) is 24.2 Å². The van der Waals surface area contributed by atoms with E-state index in [2.05, 4.69) is 4.90 Å². The van der Waals surface area contributed by atoms with E-state index >= 15 is 0 Å². The van der Waals surface area contributed by atoms with Crippen molar-refractivity contribution in [3.8, 4) is 0 Å². The highest BCUT2D eigenvalue weighted by Crippen LogP contribution is 2.17. The zero-order valence-electron chi connectivity index (χ0n) is 11.4. The third kappa shape index (κ3) is 4.15. The summed E-state index contributed by atoms with van der Waals surface area (Å²) in [5.41, 5.74) is 7.54. The predicted octanol–water partition coefficient (Wildman–Crippen LogP) is 3.08. The predicted molar refractivity (Wildman–Crippen MR) is 72.9 cm³/mol. The Kier molecular flexibility index (Phi) is 4.87. The number of halogens is 2. The van der Waals surface area contributed by atoms with Crippen LogP contribution in [0.5, 0.6) is 0 Å². The molecule has 1 atom stereocenters. The lowest BCUT2D eigenvalue weighted by molar-refractivity contribution is 0.310. The maximum atomic E-state index is 13.1. The maximum Gasteiger partial charge on any atom is 0.126 e. The van der Waals surface area contributed by atoms with Crippen LogP contribution >= 0.6 is 0 Å². The molecule has 0 radical (unpaired) electrons. The molecule has 1 aromatic carbocycles.